The highest BCUT2D eigenvalue weighted by Gasteiger charge is 2.22. The molecule has 102 valence electrons. The summed E-state index contributed by atoms with van der Waals surface area (Å²) in [6, 6.07) is 4.08. The fourth-order valence-corrected chi connectivity index (χ4v) is 2.69. The summed E-state index contributed by atoms with van der Waals surface area (Å²) >= 11 is 1.72. The van der Waals surface area contributed by atoms with Crippen LogP contribution in [-0.4, -0.2) is 37.7 Å². The Morgan fingerprint density at radius 2 is 2.56 bits per heavy atom. The lowest BCUT2D eigenvalue weighted by molar-refractivity contribution is -0.126. The third-order valence-electron chi connectivity index (χ3n) is 2.71. The molecule has 2 atom stereocenters. The summed E-state index contributed by atoms with van der Waals surface area (Å²) in [4.78, 5) is 13.2. The van der Waals surface area contributed by atoms with Gasteiger partial charge in [0, 0.05) is 23.9 Å². The Balaban J connectivity index is 0.00000162. The number of carbonyl (C=O) groups excluding carboxylic acids is 1. The highest BCUT2D eigenvalue weighted by atomic mass is 35.5. The summed E-state index contributed by atoms with van der Waals surface area (Å²) in [6.45, 7) is 3.94. The van der Waals surface area contributed by atoms with Crippen LogP contribution in [0, 0.1) is 0 Å². The molecule has 0 radical (unpaired) electrons. The summed E-state index contributed by atoms with van der Waals surface area (Å²) < 4.78 is 5.27. The first kappa shape index (κ1) is 15.4. The molecule has 6 heteroatoms. The average Bonchev–Trinajstić information content (AvgIpc) is 2.82. The first-order valence-corrected chi connectivity index (χ1v) is 6.77. The number of hydrogen-bond acceptors (Lipinski definition) is 4. The molecule has 2 heterocycles. The largest absolute Gasteiger partial charge is 0.378 e. The monoisotopic (exact) mass is 290 g/mol. The zero-order chi connectivity index (χ0) is 12.1. The molecule has 1 amide bonds. The molecule has 1 fully saturated rings. The van der Waals surface area contributed by atoms with Gasteiger partial charge in [0.25, 0.3) is 0 Å². The van der Waals surface area contributed by atoms with E-state index in [0.717, 1.165) is 13.0 Å². The van der Waals surface area contributed by atoms with E-state index in [-0.39, 0.29) is 30.4 Å². The van der Waals surface area contributed by atoms with Crippen molar-refractivity contribution in [3.63, 3.8) is 0 Å². The molecule has 4 nitrogen and oxygen atoms in total. The zero-order valence-electron chi connectivity index (χ0n) is 10.3. The Morgan fingerprint density at radius 3 is 3.17 bits per heavy atom. The summed E-state index contributed by atoms with van der Waals surface area (Å²) in [7, 11) is 0. The van der Waals surface area contributed by atoms with Gasteiger partial charge in [-0.05, 0) is 18.4 Å². The molecular weight excluding hydrogens is 272 g/mol. The van der Waals surface area contributed by atoms with Crippen molar-refractivity contribution in [2.24, 2.45) is 0 Å². The summed E-state index contributed by atoms with van der Waals surface area (Å²) in [5, 5.41) is 8.22. The number of hydrogen-bond donors (Lipinski definition) is 2. The molecule has 18 heavy (non-hydrogen) atoms. The van der Waals surface area contributed by atoms with Gasteiger partial charge in [0.2, 0.25) is 5.91 Å². The first-order chi connectivity index (χ1) is 8.25. The minimum Gasteiger partial charge on any atom is -0.378 e. The van der Waals surface area contributed by atoms with Crippen molar-refractivity contribution in [1.29, 1.82) is 0 Å². The normalized spacial score (nSPS) is 20.8. The van der Waals surface area contributed by atoms with Crippen molar-refractivity contribution in [1.82, 2.24) is 10.6 Å². The van der Waals surface area contributed by atoms with Crippen LogP contribution in [-0.2, 0) is 16.0 Å². The van der Waals surface area contributed by atoms with Gasteiger partial charge in [0.05, 0.1) is 13.2 Å². The van der Waals surface area contributed by atoms with Gasteiger partial charge in [-0.15, -0.1) is 23.7 Å². The molecule has 0 bridgehead atoms. The van der Waals surface area contributed by atoms with Crippen molar-refractivity contribution in [3.8, 4) is 0 Å². The second-order valence-electron chi connectivity index (χ2n) is 4.27. The Labute approximate surface area is 118 Å². The van der Waals surface area contributed by atoms with Gasteiger partial charge in [0.1, 0.15) is 6.04 Å². The molecule has 1 saturated heterocycles. The van der Waals surface area contributed by atoms with Gasteiger partial charge in [-0.1, -0.05) is 6.07 Å². The molecular formula is C12H19ClN2O2S. The Hall–Kier alpha value is -0.620. The third kappa shape index (κ3) is 4.57. The van der Waals surface area contributed by atoms with E-state index < -0.39 is 0 Å². The highest BCUT2D eigenvalue weighted by molar-refractivity contribution is 7.09. The Morgan fingerprint density at radius 1 is 1.72 bits per heavy atom. The Bertz CT molecular complexity index is 353. The van der Waals surface area contributed by atoms with E-state index >= 15 is 0 Å². The van der Waals surface area contributed by atoms with Crippen molar-refractivity contribution < 1.29 is 9.53 Å². The molecule has 1 aromatic heterocycles. The van der Waals surface area contributed by atoms with Crippen molar-refractivity contribution in [2.75, 3.05) is 19.8 Å². The van der Waals surface area contributed by atoms with Crippen LogP contribution < -0.4 is 10.6 Å². The number of carbonyl (C=O) groups is 1. The van der Waals surface area contributed by atoms with E-state index in [0.29, 0.717) is 13.2 Å². The molecule has 1 aliphatic rings. The summed E-state index contributed by atoms with van der Waals surface area (Å²) in [6.07, 6.45) is 0.886. The maximum absolute atomic E-state index is 11.9. The summed E-state index contributed by atoms with van der Waals surface area (Å²) in [5.41, 5.74) is 0. The predicted octanol–water partition coefficient (Wildman–Crippen LogP) is 1.21. The molecule has 2 N–H and O–H groups in total. The van der Waals surface area contributed by atoms with E-state index in [4.69, 9.17) is 4.74 Å². The second-order valence-corrected chi connectivity index (χ2v) is 5.31. The topological polar surface area (TPSA) is 50.4 Å². The molecule has 1 aromatic rings. The van der Waals surface area contributed by atoms with Crippen LogP contribution in [0.4, 0.5) is 0 Å². The van der Waals surface area contributed by atoms with E-state index in [1.54, 1.807) is 11.3 Å². The number of thiophene rings is 1. The van der Waals surface area contributed by atoms with E-state index in [2.05, 4.69) is 22.1 Å². The van der Waals surface area contributed by atoms with Crippen LogP contribution >= 0.6 is 23.7 Å². The molecule has 2 rings (SSSR count). The molecule has 0 spiro atoms. The second kappa shape index (κ2) is 7.74. The summed E-state index contributed by atoms with van der Waals surface area (Å²) in [5.74, 6) is 0.0359. The van der Waals surface area contributed by atoms with Crippen LogP contribution in [0.25, 0.3) is 0 Å². The van der Waals surface area contributed by atoms with Crippen LogP contribution in [0.15, 0.2) is 17.5 Å². The van der Waals surface area contributed by atoms with Gasteiger partial charge in [-0.25, -0.2) is 0 Å². The molecule has 0 aromatic carbocycles. The quantitative estimate of drug-likeness (QED) is 0.876. The van der Waals surface area contributed by atoms with E-state index in [9.17, 15) is 4.79 Å². The Kier molecular flexibility index (Phi) is 6.63. The van der Waals surface area contributed by atoms with Crippen LogP contribution in [0.5, 0.6) is 0 Å². The first-order valence-electron chi connectivity index (χ1n) is 5.89. The lowest BCUT2D eigenvalue weighted by Gasteiger charge is -2.24. The van der Waals surface area contributed by atoms with Gasteiger partial charge in [0.15, 0.2) is 0 Å². The third-order valence-corrected chi connectivity index (χ3v) is 3.61. The van der Waals surface area contributed by atoms with Gasteiger partial charge in [-0.3, -0.25) is 4.79 Å². The highest BCUT2D eigenvalue weighted by Crippen LogP contribution is 2.11. The molecule has 2 unspecified atom stereocenters. The van der Waals surface area contributed by atoms with E-state index in [1.165, 1.54) is 4.88 Å². The fraction of sp³-hybridized carbons (Fsp3) is 0.583. The van der Waals surface area contributed by atoms with Crippen molar-refractivity contribution in [3.05, 3.63) is 22.4 Å². The van der Waals surface area contributed by atoms with Gasteiger partial charge in [-0.2, -0.15) is 0 Å². The number of morpholine rings is 1. The smallest absolute Gasteiger partial charge is 0.239 e. The maximum atomic E-state index is 11.9. The molecule has 1 aliphatic heterocycles. The molecule has 0 aliphatic carbocycles. The number of amides is 1. The minimum atomic E-state index is -0.200. The van der Waals surface area contributed by atoms with Crippen LogP contribution in [0.2, 0.25) is 0 Å². The predicted molar refractivity (Wildman–Crippen MR) is 75.5 cm³/mol. The number of ether oxygens (including phenoxy) is 1. The van der Waals surface area contributed by atoms with Crippen molar-refractivity contribution >= 4 is 29.7 Å². The number of nitrogens with one attached hydrogen (secondary N) is 2. The lowest BCUT2D eigenvalue weighted by atomic mass is 10.2. The maximum Gasteiger partial charge on any atom is 0.239 e. The SMILES string of the molecule is CC(Cc1cccs1)NC(=O)C1COCCN1.Cl. The van der Waals surface area contributed by atoms with E-state index in [1.807, 2.05) is 13.0 Å². The molecule has 0 saturated carbocycles. The average molecular weight is 291 g/mol. The number of halogens is 1. The lowest BCUT2D eigenvalue weighted by Crippen LogP contribution is -2.53. The minimum absolute atomic E-state index is 0. The van der Waals surface area contributed by atoms with Crippen LogP contribution in [0.3, 0.4) is 0 Å². The van der Waals surface area contributed by atoms with Crippen LogP contribution in [0.1, 0.15) is 11.8 Å². The standard InChI is InChI=1S/C12H18N2O2S.ClH/c1-9(7-10-3-2-6-17-10)14-12(15)11-8-16-5-4-13-11;/h2-3,6,9,11,13H,4-5,7-8H2,1H3,(H,14,15);1H. The van der Waals surface area contributed by atoms with Gasteiger partial charge >= 0.3 is 0 Å². The zero-order valence-corrected chi connectivity index (χ0v) is 12.0. The van der Waals surface area contributed by atoms with Crippen molar-refractivity contribution in [2.45, 2.75) is 25.4 Å². The number of rotatable bonds is 4. The van der Waals surface area contributed by atoms with Gasteiger partial charge < -0.3 is 15.4 Å². The fourth-order valence-electron chi connectivity index (χ4n) is 1.86.